The van der Waals surface area contributed by atoms with Crippen LogP contribution in [0.5, 0.6) is 0 Å². The van der Waals surface area contributed by atoms with E-state index < -0.39 is 5.97 Å². The lowest BCUT2D eigenvalue weighted by atomic mass is 10.1. The second kappa shape index (κ2) is 27.0. The summed E-state index contributed by atoms with van der Waals surface area (Å²) in [6.07, 6.45) is 31.9. The van der Waals surface area contributed by atoms with Gasteiger partial charge in [0.05, 0.1) is 0 Å². The summed E-state index contributed by atoms with van der Waals surface area (Å²) in [6, 6.07) is 0. The third-order valence-electron chi connectivity index (χ3n) is 6.41. The van der Waals surface area contributed by atoms with Crippen LogP contribution in [0, 0.1) is 0 Å². The molecule has 1 atom stereocenters. The van der Waals surface area contributed by atoms with E-state index in [1.54, 1.807) is 0 Å². The van der Waals surface area contributed by atoms with Crippen LogP contribution < -0.4 is 0 Å². The third-order valence-corrected chi connectivity index (χ3v) is 6.41. The molecule has 204 valence electrons. The van der Waals surface area contributed by atoms with E-state index in [1.807, 2.05) is 6.08 Å². The Kier molecular flexibility index (Phi) is 25.8. The van der Waals surface area contributed by atoms with Crippen LogP contribution in [0.2, 0.25) is 0 Å². The molecule has 0 rings (SSSR count). The second-order valence-electron chi connectivity index (χ2n) is 9.94. The topological polar surface area (TPSA) is 63.6 Å². The number of allylic oxidation sites excluding steroid dienone is 3. The fourth-order valence-electron chi connectivity index (χ4n) is 4.19. The fraction of sp³-hybridized carbons (Fsp3) is 0.806. The van der Waals surface area contributed by atoms with Crippen molar-refractivity contribution in [1.82, 2.24) is 0 Å². The molecule has 0 spiro atoms. The van der Waals surface area contributed by atoms with Crippen molar-refractivity contribution in [2.75, 3.05) is 0 Å². The average molecular weight is 493 g/mol. The van der Waals surface area contributed by atoms with Gasteiger partial charge < -0.3 is 9.84 Å². The van der Waals surface area contributed by atoms with Gasteiger partial charge in [-0.2, -0.15) is 0 Å². The number of unbranched alkanes of at least 4 members (excludes halogenated alkanes) is 15. The van der Waals surface area contributed by atoms with Gasteiger partial charge in [-0.1, -0.05) is 116 Å². The van der Waals surface area contributed by atoms with Gasteiger partial charge in [0.1, 0.15) is 6.10 Å². The van der Waals surface area contributed by atoms with E-state index in [4.69, 9.17) is 9.84 Å². The minimum absolute atomic E-state index is 0.0831. The predicted octanol–water partition coefficient (Wildman–Crippen LogP) is 9.72. The number of ether oxygens (including phenoxy) is 1. The van der Waals surface area contributed by atoms with Crippen LogP contribution in [-0.2, 0) is 14.3 Å². The molecule has 35 heavy (non-hydrogen) atoms. The number of carbonyl (C=O) groups is 2. The number of carboxylic acid groups (broad SMARTS) is 1. The van der Waals surface area contributed by atoms with E-state index in [1.165, 1.54) is 70.6 Å². The highest BCUT2D eigenvalue weighted by molar-refractivity contribution is 5.69. The molecule has 0 fully saturated rings. The Balaban J connectivity index is 4.17. The van der Waals surface area contributed by atoms with E-state index in [0.717, 1.165) is 57.8 Å². The molecule has 0 aromatic carbocycles. The Morgan fingerprint density at radius 2 is 1.20 bits per heavy atom. The molecule has 0 aliphatic rings. The zero-order chi connectivity index (χ0) is 25.8. The molecular formula is C31H56O4. The van der Waals surface area contributed by atoms with E-state index in [-0.39, 0.29) is 18.5 Å². The van der Waals surface area contributed by atoms with Crippen LogP contribution in [0.1, 0.15) is 155 Å². The van der Waals surface area contributed by atoms with E-state index in [2.05, 4.69) is 32.1 Å². The Morgan fingerprint density at radius 3 is 1.83 bits per heavy atom. The van der Waals surface area contributed by atoms with Gasteiger partial charge >= 0.3 is 11.9 Å². The van der Waals surface area contributed by atoms with E-state index in [9.17, 15) is 9.59 Å². The molecule has 0 aromatic heterocycles. The van der Waals surface area contributed by atoms with Gasteiger partial charge in [0.15, 0.2) is 0 Å². The molecule has 0 aromatic rings. The number of hydrogen-bond acceptors (Lipinski definition) is 3. The van der Waals surface area contributed by atoms with Crippen LogP contribution in [0.15, 0.2) is 24.3 Å². The Hall–Kier alpha value is -1.58. The summed E-state index contributed by atoms with van der Waals surface area (Å²) < 4.78 is 5.79. The summed E-state index contributed by atoms with van der Waals surface area (Å²) in [5, 5.41) is 8.76. The molecule has 0 bridgehead atoms. The van der Waals surface area contributed by atoms with Crippen molar-refractivity contribution in [3.05, 3.63) is 24.3 Å². The highest BCUT2D eigenvalue weighted by Gasteiger charge is 2.11. The Labute approximate surface area is 217 Å². The minimum Gasteiger partial charge on any atom is -0.481 e. The third kappa shape index (κ3) is 26.9. The zero-order valence-corrected chi connectivity index (χ0v) is 23.1. The highest BCUT2D eigenvalue weighted by Crippen LogP contribution is 2.15. The summed E-state index contributed by atoms with van der Waals surface area (Å²) in [7, 11) is 0. The molecule has 4 heteroatoms. The van der Waals surface area contributed by atoms with Gasteiger partial charge in [0.25, 0.3) is 0 Å². The van der Waals surface area contributed by atoms with E-state index >= 15 is 0 Å². The molecule has 0 amide bonds. The van der Waals surface area contributed by atoms with Gasteiger partial charge in [0.2, 0.25) is 0 Å². The van der Waals surface area contributed by atoms with Crippen molar-refractivity contribution in [3.8, 4) is 0 Å². The quantitative estimate of drug-likeness (QED) is 0.0741. The molecule has 0 saturated heterocycles. The normalized spacial score (nSPS) is 12.5. The molecule has 0 saturated carbocycles. The first kappa shape index (κ1) is 33.4. The lowest BCUT2D eigenvalue weighted by molar-refractivity contribution is -0.147. The molecule has 0 heterocycles. The first-order valence-corrected chi connectivity index (χ1v) is 14.8. The molecule has 4 nitrogen and oxygen atoms in total. The lowest BCUT2D eigenvalue weighted by Gasteiger charge is -2.14. The first-order valence-electron chi connectivity index (χ1n) is 14.8. The largest absolute Gasteiger partial charge is 0.481 e. The van der Waals surface area contributed by atoms with Crippen molar-refractivity contribution in [3.63, 3.8) is 0 Å². The second-order valence-corrected chi connectivity index (χ2v) is 9.94. The molecule has 0 aliphatic heterocycles. The maximum atomic E-state index is 12.4. The van der Waals surface area contributed by atoms with Crippen molar-refractivity contribution in [2.24, 2.45) is 0 Å². The van der Waals surface area contributed by atoms with Crippen molar-refractivity contribution < 1.29 is 19.4 Å². The summed E-state index contributed by atoms with van der Waals surface area (Å²) in [5.74, 6) is -0.810. The Bertz CT molecular complexity index is 538. The monoisotopic (exact) mass is 492 g/mol. The number of carboxylic acids is 1. The van der Waals surface area contributed by atoms with Crippen LogP contribution in [0.4, 0.5) is 0 Å². The maximum Gasteiger partial charge on any atom is 0.306 e. The van der Waals surface area contributed by atoms with Crippen LogP contribution >= 0.6 is 0 Å². The smallest absolute Gasteiger partial charge is 0.306 e. The number of rotatable bonds is 26. The summed E-state index contributed by atoms with van der Waals surface area (Å²) >= 11 is 0. The van der Waals surface area contributed by atoms with Crippen molar-refractivity contribution in [1.29, 1.82) is 0 Å². The van der Waals surface area contributed by atoms with Crippen LogP contribution in [0.25, 0.3) is 0 Å². The zero-order valence-electron chi connectivity index (χ0n) is 23.1. The molecule has 1 unspecified atom stereocenters. The van der Waals surface area contributed by atoms with Gasteiger partial charge in [-0.25, -0.2) is 0 Å². The number of carbonyl (C=O) groups excluding carboxylic acids is 1. The van der Waals surface area contributed by atoms with Crippen LogP contribution in [0.3, 0.4) is 0 Å². The van der Waals surface area contributed by atoms with Crippen molar-refractivity contribution in [2.45, 2.75) is 161 Å². The van der Waals surface area contributed by atoms with E-state index in [0.29, 0.717) is 6.42 Å². The number of hydrogen-bond donors (Lipinski definition) is 1. The highest BCUT2D eigenvalue weighted by atomic mass is 16.5. The van der Waals surface area contributed by atoms with Crippen LogP contribution in [-0.4, -0.2) is 23.1 Å². The summed E-state index contributed by atoms with van der Waals surface area (Å²) in [4.78, 5) is 23.0. The minimum atomic E-state index is -0.727. The fourth-order valence-corrected chi connectivity index (χ4v) is 4.19. The Morgan fingerprint density at radius 1 is 0.657 bits per heavy atom. The summed E-state index contributed by atoms with van der Waals surface area (Å²) in [6.45, 7) is 4.47. The predicted molar refractivity (Wildman–Crippen MR) is 149 cm³/mol. The van der Waals surface area contributed by atoms with Gasteiger partial charge in [-0.05, 0) is 51.0 Å². The lowest BCUT2D eigenvalue weighted by Crippen LogP contribution is -2.16. The summed E-state index contributed by atoms with van der Waals surface area (Å²) in [5.41, 5.74) is 0. The first-order chi connectivity index (χ1) is 17.1. The van der Waals surface area contributed by atoms with Gasteiger partial charge in [-0.3, -0.25) is 9.59 Å². The molecule has 0 aliphatic carbocycles. The van der Waals surface area contributed by atoms with Gasteiger partial charge in [0, 0.05) is 12.8 Å². The molecule has 0 radical (unpaired) electrons. The van der Waals surface area contributed by atoms with Crippen molar-refractivity contribution >= 4 is 11.9 Å². The SMILES string of the molecule is CCCCC/C=C\C/C=C\C(CCCCCCC(=O)O)OC(=O)CCCCCCCCCCCC. The maximum absolute atomic E-state index is 12.4. The standard InChI is InChI=1S/C31H56O4/c1-3-5-7-9-11-13-14-16-18-24-28-31(34)35-29(26-22-19-20-23-27-30(32)33)25-21-17-15-12-10-8-6-4-2/h12,15,21,25,29H,3-11,13-14,16-20,22-24,26-28H2,1-2H3,(H,32,33)/b15-12-,25-21-. The molecular weight excluding hydrogens is 436 g/mol. The molecule has 1 N–H and O–H groups in total. The average Bonchev–Trinajstić information content (AvgIpc) is 2.83. The van der Waals surface area contributed by atoms with Gasteiger partial charge in [-0.15, -0.1) is 0 Å². The number of esters is 1. The number of aliphatic carboxylic acids is 1.